The molecule has 2 aromatic carbocycles. The monoisotopic (exact) mass is 345 g/mol. The van der Waals surface area contributed by atoms with Crippen LogP contribution in [0.1, 0.15) is 27.0 Å². The van der Waals surface area contributed by atoms with Crippen LogP contribution in [0.5, 0.6) is 0 Å². The molecule has 0 aliphatic rings. The summed E-state index contributed by atoms with van der Waals surface area (Å²) >= 11 is 5.65. The summed E-state index contributed by atoms with van der Waals surface area (Å²) in [4.78, 5) is 12.2. The minimum Gasteiger partial charge on any atom is -0.411 e. The molecule has 2 rings (SSSR count). The SMILES string of the molecule is O=C(c1ccc(C=NO)cc1)c1c(F)cc(C(F)(F)F)cc1Cl. The minimum absolute atomic E-state index is 0.0284. The van der Waals surface area contributed by atoms with Crippen molar-refractivity contribution in [2.75, 3.05) is 0 Å². The molecule has 0 saturated heterocycles. The Bertz CT molecular complexity index is 747. The second-order valence-corrected chi connectivity index (χ2v) is 4.92. The van der Waals surface area contributed by atoms with Crippen LogP contribution in [0.15, 0.2) is 41.6 Å². The summed E-state index contributed by atoms with van der Waals surface area (Å²) in [6.45, 7) is 0. The third-order valence-corrected chi connectivity index (χ3v) is 3.27. The predicted octanol–water partition coefficient (Wildman–Crippen LogP) is 4.54. The molecule has 0 aliphatic carbocycles. The zero-order valence-electron chi connectivity index (χ0n) is 11.2. The smallest absolute Gasteiger partial charge is 0.411 e. The van der Waals surface area contributed by atoms with Crippen molar-refractivity contribution in [3.05, 3.63) is 69.5 Å². The van der Waals surface area contributed by atoms with E-state index in [1.54, 1.807) is 0 Å². The molecular formula is C15H8ClF4NO2. The van der Waals surface area contributed by atoms with E-state index < -0.39 is 33.9 Å². The first-order valence-corrected chi connectivity index (χ1v) is 6.50. The summed E-state index contributed by atoms with van der Waals surface area (Å²) in [5.41, 5.74) is -1.40. The fraction of sp³-hybridized carbons (Fsp3) is 0.0667. The van der Waals surface area contributed by atoms with Gasteiger partial charge in [0.25, 0.3) is 0 Å². The summed E-state index contributed by atoms with van der Waals surface area (Å²) in [6, 6.07) is 6.20. The highest BCUT2D eigenvalue weighted by Gasteiger charge is 2.33. The second-order valence-electron chi connectivity index (χ2n) is 4.51. The second kappa shape index (κ2) is 6.37. The normalized spacial score (nSPS) is 11.9. The summed E-state index contributed by atoms with van der Waals surface area (Å²) in [5.74, 6) is -2.20. The molecule has 0 saturated carbocycles. The van der Waals surface area contributed by atoms with Gasteiger partial charge in [-0.1, -0.05) is 41.0 Å². The molecule has 0 spiro atoms. The standard InChI is InChI=1S/C15H8ClF4NO2/c16-11-5-10(15(18,19)20)6-12(17)13(11)14(22)9-3-1-8(2-4-9)7-21-23/h1-7,23H. The number of alkyl halides is 3. The van der Waals surface area contributed by atoms with Gasteiger partial charge in [0.15, 0.2) is 5.78 Å². The predicted molar refractivity (Wildman–Crippen MR) is 75.7 cm³/mol. The third kappa shape index (κ3) is 3.68. The Labute approximate surface area is 132 Å². The van der Waals surface area contributed by atoms with E-state index >= 15 is 0 Å². The van der Waals surface area contributed by atoms with Crippen LogP contribution in [0.3, 0.4) is 0 Å². The van der Waals surface area contributed by atoms with E-state index in [4.69, 9.17) is 16.8 Å². The molecule has 0 bridgehead atoms. The van der Waals surface area contributed by atoms with Gasteiger partial charge in [0.2, 0.25) is 0 Å². The van der Waals surface area contributed by atoms with E-state index in [9.17, 15) is 22.4 Å². The Morgan fingerprint density at radius 3 is 2.26 bits per heavy atom. The minimum atomic E-state index is -4.77. The summed E-state index contributed by atoms with van der Waals surface area (Å²) < 4.78 is 51.7. The Morgan fingerprint density at radius 2 is 1.78 bits per heavy atom. The molecule has 0 aliphatic heterocycles. The lowest BCUT2D eigenvalue weighted by molar-refractivity contribution is -0.137. The van der Waals surface area contributed by atoms with Gasteiger partial charge < -0.3 is 5.21 Å². The van der Waals surface area contributed by atoms with Crippen molar-refractivity contribution in [2.24, 2.45) is 5.16 Å². The summed E-state index contributed by atoms with van der Waals surface area (Å²) in [6.07, 6.45) is -3.66. The summed E-state index contributed by atoms with van der Waals surface area (Å²) in [7, 11) is 0. The Kier molecular flexibility index (Phi) is 4.70. The molecule has 0 atom stereocenters. The number of hydrogen-bond acceptors (Lipinski definition) is 3. The van der Waals surface area contributed by atoms with Crippen molar-refractivity contribution in [3.8, 4) is 0 Å². The van der Waals surface area contributed by atoms with Crippen LogP contribution in [-0.2, 0) is 6.18 Å². The molecule has 120 valence electrons. The fourth-order valence-electron chi connectivity index (χ4n) is 1.89. The molecule has 0 heterocycles. The van der Waals surface area contributed by atoms with E-state index in [0.29, 0.717) is 11.6 Å². The van der Waals surface area contributed by atoms with Crippen LogP contribution in [0.4, 0.5) is 17.6 Å². The zero-order chi connectivity index (χ0) is 17.2. The van der Waals surface area contributed by atoms with E-state index in [0.717, 1.165) is 6.21 Å². The van der Waals surface area contributed by atoms with Gasteiger partial charge in [0.1, 0.15) is 5.82 Å². The van der Waals surface area contributed by atoms with Crippen LogP contribution in [-0.4, -0.2) is 17.2 Å². The molecule has 0 amide bonds. The van der Waals surface area contributed by atoms with E-state index in [1.165, 1.54) is 24.3 Å². The number of ketones is 1. The molecule has 23 heavy (non-hydrogen) atoms. The van der Waals surface area contributed by atoms with Crippen molar-refractivity contribution in [3.63, 3.8) is 0 Å². The molecule has 8 heteroatoms. The van der Waals surface area contributed by atoms with Gasteiger partial charge in [-0.3, -0.25) is 4.79 Å². The maximum absolute atomic E-state index is 13.9. The average Bonchev–Trinajstić information content (AvgIpc) is 2.46. The Balaban J connectivity index is 2.43. The molecule has 3 nitrogen and oxygen atoms in total. The van der Waals surface area contributed by atoms with Crippen molar-refractivity contribution < 1.29 is 27.6 Å². The number of rotatable bonds is 3. The number of carbonyl (C=O) groups is 1. The average molecular weight is 346 g/mol. The third-order valence-electron chi connectivity index (χ3n) is 2.98. The highest BCUT2D eigenvalue weighted by Crippen LogP contribution is 2.34. The number of halogens is 5. The maximum atomic E-state index is 13.9. The fourth-order valence-corrected chi connectivity index (χ4v) is 2.18. The molecule has 0 radical (unpaired) electrons. The van der Waals surface area contributed by atoms with Gasteiger partial charge in [-0.2, -0.15) is 13.2 Å². The number of oxime groups is 1. The first-order valence-electron chi connectivity index (χ1n) is 6.12. The van der Waals surface area contributed by atoms with Crippen LogP contribution in [0.25, 0.3) is 0 Å². The Hall–Kier alpha value is -2.41. The van der Waals surface area contributed by atoms with E-state index in [2.05, 4.69) is 5.16 Å². The van der Waals surface area contributed by atoms with Crippen molar-refractivity contribution in [1.29, 1.82) is 0 Å². The number of carbonyl (C=O) groups excluding carboxylic acids is 1. The molecular weight excluding hydrogens is 338 g/mol. The highest BCUT2D eigenvalue weighted by molar-refractivity contribution is 6.35. The topological polar surface area (TPSA) is 49.7 Å². The van der Waals surface area contributed by atoms with Gasteiger partial charge in [-0.05, 0) is 17.7 Å². The Morgan fingerprint density at radius 1 is 1.17 bits per heavy atom. The van der Waals surface area contributed by atoms with E-state index in [1.807, 2.05) is 0 Å². The molecule has 0 fully saturated rings. The highest BCUT2D eigenvalue weighted by atomic mass is 35.5. The molecule has 1 N–H and O–H groups in total. The lowest BCUT2D eigenvalue weighted by atomic mass is 10.00. The van der Waals surface area contributed by atoms with Crippen LogP contribution in [0.2, 0.25) is 5.02 Å². The van der Waals surface area contributed by atoms with Crippen LogP contribution < -0.4 is 0 Å². The van der Waals surface area contributed by atoms with Crippen LogP contribution >= 0.6 is 11.6 Å². The van der Waals surface area contributed by atoms with Gasteiger partial charge in [0.05, 0.1) is 22.4 Å². The van der Waals surface area contributed by atoms with Gasteiger partial charge >= 0.3 is 6.18 Å². The maximum Gasteiger partial charge on any atom is 0.416 e. The van der Waals surface area contributed by atoms with Gasteiger partial charge in [-0.25, -0.2) is 4.39 Å². The largest absolute Gasteiger partial charge is 0.416 e. The molecule has 2 aromatic rings. The van der Waals surface area contributed by atoms with Crippen molar-refractivity contribution in [2.45, 2.75) is 6.18 Å². The van der Waals surface area contributed by atoms with Gasteiger partial charge in [-0.15, -0.1) is 0 Å². The number of hydrogen-bond donors (Lipinski definition) is 1. The number of benzene rings is 2. The first kappa shape index (κ1) is 17.0. The quantitative estimate of drug-likeness (QED) is 0.292. The lowest BCUT2D eigenvalue weighted by Crippen LogP contribution is -2.10. The van der Waals surface area contributed by atoms with Crippen molar-refractivity contribution in [1.82, 2.24) is 0 Å². The number of nitrogens with zero attached hydrogens (tertiary/aromatic N) is 1. The molecule has 0 aromatic heterocycles. The first-order chi connectivity index (χ1) is 10.7. The van der Waals surface area contributed by atoms with Crippen molar-refractivity contribution >= 4 is 23.6 Å². The zero-order valence-corrected chi connectivity index (χ0v) is 12.0. The van der Waals surface area contributed by atoms with E-state index in [-0.39, 0.29) is 11.6 Å². The lowest BCUT2D eigenvalue weighted by Gasteiger charge is -2.11. The van der Waals surface area contributed by atoms with Crippen LogP contribution in [0, 0.1) is 5.82 Å². The van der Waals surface area contributed by atoms with Gasteiger partial charge in [0, 0.05) is 5.56 Å². The summed E-state index contributed by atoms with van der Waals surface area (Å²) in [5, 5.41) is 10.6. The molecule has 0 unspecified atom stereocenters.